The van der Waals surface area contributed by atoms with Gasteiger partial charge >= 0.3 is 12.4 Å². The minimum Gasteiger partial charge on any atom is -0.482 e. The highest BCUT2D eigenvalue weighted by atomic mass is 127. The van der Waals surface area contributed by atoms with Crippen molar-refractivity contribution in [1.82, 2.24) is 0 Å². The third kappa shape index (κ3) is 5.63. The van der Waals surface area contributed by atoms with E-state index in [-0.39, 0.29) is 20.5 Å². The molecule has 9 heteroatoms. The van der Waals surface area contributed by atoms with E-state index in [1.807, 2.05) is 6.07 Å². The quantitative estimate of drug-likeness (QED) is 0.212. The first-order valence-corrected chi connectivity index (χ1v) is 8.37. The molecule has 0 saturated carbocycles. The lowest BCUT2D eigenvalue weighted by atomic mass is 10.0. The van der Waals surface area contributed by atoms with Crippen molar-refractivity contribution >= 4 is 31.9 Å². The van der Waals surface area contributed by atoms with Crippen LogP contribution >= 0.6 is 22.6 Å². The number of nitrogens with zero attached hydrogens (tertiary/aromatic N) is 1. The number of hydrogen-bond donors (Lipinski definition) is 0. The van der Waals surface area contributed by atoms with Crippen LogP contribution in [0.25, 0.3) is 9.34 Å². The second-order valence-corrected chi connectivity index (χ2v) is 6.36. The van der Waals surface area contributed by atoms with Crippen molar-refractivity contribution in [3.05, 3.63) is 70.8 Å². The zero-order valence-electron chi connectivity index (χ0n) is 13.3. The molecule has 2 aromatic carbocycles. The molecule has 0 bridgehead atoms. The largest absolute Gasteiger partial charge is 0.482 e. The van der Waals surface area contributed by atoms with Gasteiger partial charge in [0.15, 0.2) is 6.61 Å². The second-order valence-electron chi connectivity index (χ2n) is 5.28. The van der Waals surface area contributed by atoms with Crippen LogP contribution in [0.2, 0.25) is 0 Å². The van der Waals surface area contributed by atoms with Gasteiger partial charge in [0, 0.05) is 11.1 Å². The SMILES string of the molecule is N#Cc1ccccc1C(I)=C(OCC(F)(F)F)c1ccc(C(F)(F)F)cc1. The zero-order chi connectivity index (χ0) is 20.2. The van der Waals surface area contributed by atoms with E-state index in [2.05, 4.69) is 0 Å². The summed E-state index contributed by atoms with van der Waals surface area (Å²) in [6, 6.07) is 11.7. The molecule has 0 N–H and O–H groups in total. The molecule has 0 spiro atoms. The Kier molecular flexibility index (Phi) is 6.41. The molecule has 142 valence electrons. The highest BCUT2D eigenvalue weighted by Gasteiger charge is 2.32. The number of halogens is 7. The van der Waals surface area contributed by atoms with Crippen LogP contribution in [0.3, 0.4) is 0 Å². The lowest BCUT2D eigenvalue weighted by Crippen LogP contribution is -2.16. The van der Waals surface area contributed by atoms with E-state index in [0.29, 0.717) is 5.56 Å². The van der Waals surface area contributed by atoms with Crippen LogP contribution in [0.15, 0.2) is 48.5 Å². The number of hydrogen-bond acceptors (Lipinski definition) is 2. The average Bonchev–Trinajstić information content (AvgIpc) is 2.60. The fraction of sp³-hybridized carbons (Fsp3) is 0.167. The molecule has 0 fully saturated rings. The van der Waals surface area contributed by atoms with E-state index in [0.717, 1.165) is 24.3 Å². The van der Waals surface area contributed by atoms with Crippen LogP contribution < -0.4 is 0 Å². The van der Waals surface area contributed by atoms with Gasteiger partial charge in [-0.15, -0.1) is 0 Å². The van der Waals surface area contributed by atoms with E-state index >= 15 is 0 Å². The molecule has 2 rings (SSSR count). The van der Waals surface area contributed by atoms with Gasteiger partial charge in [-0.25, -0.2) is 0 Å². The molecule has 0 aliphatic heterocycles. The van der Waals surface area contributed by atoms with Gasteiger partial charge in [-0.05, 0) is 40.8 Å². The van der Waals surface area contributed by atoms with Crippen LogP contribution in [0.4, 0.5) is 26.3 Å². The maximum atomic E-state index is 12.7. The van der Waals surface area contributed by atoms with Crippen molar-refractivity contribution in [3.63, 3.8) is 0 Å². The number of nitriles is 1. The Hall–Kier alpha value is -2.22. The molecule has 0 aliphatic carbocycles. The van der Waals surface area contributed by atoms with E-state index in [1.54, 1.807) is 34.7 Å². The summed E-state index contributed by atoms with van der Waals surface area (Å²) < 4.78 is 81.1. The molecular formula is C18H10F6INO. The van der Waals surface area contributed by atoms with E-state index in [4.69, 9.17) is 4.74 Å². The molecule has 0 amide bonds. The fourth-order valence-corrected chi connectivity index (χ4v) is 3.07. The van der Waals surface area contributed by atoms with E-state index in [1.165, 1.54) is 12.1 Å². The molecule has 0 heterocycles. The third-order valence-electron chi connectivity index (χ3n) is 3.34. The molecule has 0 unspecified atom stereocenters. The van der Waals surface area contributed by atoms with Crippen molar-refractivity contribution in [2.45, 2.75) is 12.4 Å². The fourth-order valence-electron chi connectivity index (χ4n) is 2.13. The van der Waals surface area contributed by atoms with Crippen LogP contribution in [0.1, 0.15) is 22.3 Å². The lowest BCUT2D eigenvalue weighted by molar-refractivity contribution is -0.158. The smallest absolute Gasteiger partial charge is 0.422 e. The highest BCUT2D eigenvalue weighted by molar-refractivity contribution is 14.1. The Bertz CT molecular complexity index is 878. The molecule has 0 radical (unpaired) electrons. The average molecular weight is 497 g/mol. The summed E-state index contributed by atoms with van der Waals surface area (Å²) in [5, 5.41) is 9.18. The molecule has 0 atom stereocenters. The minimum atomic E-state index is -4.64. The monoisotopic (exact) mass is 497 g/mol. The first-order chi connectivity index (χ1) is 12.5. The molecule has 0 aromatic heterocycles. The Labute approximate surface area is 164 Å². The van der Waals surface area contributed by atoms with Crippen molar-refractivity contribution in [3.8, 4) is 6.07 Å². The van der Waals surface area contributed by atoms with E-state index < -0.39 is 24.5 Å². The van der Waals surface area contributed by atoms with Crippen LogP contribution in [0.5, 0.6) is 0 Å². The van der Waals surface area contributed by atoms with Crippen molar-refractivity contribution < 1.29 is 31.1 Å². The normalized spacial score (nSPS) is 13.0. The zero-order valence-corrected chi connectivity index (χ0v) is 15.5. The molecule has 2 nitrogen and oxygen atoms in total. The molecule has 0 aliphatic rings. The van der Waals surface area contributed by atoms with Gasteiger partial charge in [0.1, 0.15) is 5.76 Å². The maximum absolute atomic E-state index is 12.7. The maximum Gasteiger partial charge on any atom is 0.422 e. The first kappa shape index (κ1) is 21.1. The highest BCUT2D eigenvalue weighted by Crippen LogP contribution is 2.37. The number of alkyl halides is 6. The standard InChI is InChI=1S/C18H10F6INO/c19-17(20,21)10-27-16(11-5-7-13(8-6-11)18(22,23)24)15(25)14-4-2-1-3-12(14)9-26/h1-8H,10H2. The number of benzene rings is 2. The molecule has 0 saturated heterocycles. The van der Waals surface area contributed by atoms with Crippen LogP contribution in [0, 0.1) is 11.3 Å². The molecule has 2 aromatic rings. The first-order valence-electron chi connectivity index (χ1n) is 7.29. The van der Waals surface area contributed by atoms with Crippen molar-refractivity contribution in [2.24, 2.45) is 0 Å². The molecular weight excluding hydrogens is 487 g/mol. The van der Waals surface area contributed by atoms with Crippen molar-refractivity contribution in [2.75, 3.05) is 6.61 Å². The summed E-state index contributed by atoms with van der Waals surface area (Å²) in [4.78, 5) is 0. The van der Waals surface area contributed by atoms with E-state index in [9.17, 15) is 31.6 Å². The predicted octanol–water partition coefficient (Wildman–Crippen LogP) is 6.42. The van der Waals surface area contributed by atoms with Crippen molar-refractivity contribution in [1.29, 1.82) is 5.26 Å². The Morgan fingerprint density at radius 1 is 0.963 bits per heavy atom. The summed E-state index contributed by atoms with van der Waals surface area (Å²) in [6.45, 7) is -1.62. The second kappa shape index (κ2) is 8.21. The topological polar surface area (TPSA) is 33.0 Å². The summed E-state index contributed by atoms with van der Waals surface area (Å²) in [6.07, 6.45) is -9.21. The number of ether oxygens (including phenoxy) is 1. The summed E-state index contributed by atoms with van der Waals surface area (Å²) in [7, 11) is 0. The van der Waals surface area contributed by atoms with Gasteiger partial charge in [0.2, 0.25) is 0 Å². The summed E-state index contributed by atoms with van der Waals surface area (Å²) in [5.74, 6) is -0.260. The Balaban J connectivity index is 2.56. The van der Waals surface area contributed by atoms with Gasteiger partial charge in [0.25, 0.3) is 0 Å². The van der Waals surface area contributed by atoms with Crippen LogP contribution in [-0.2, 0) is 10.9 Å². The van der Waals surface area contributed by atoms with Gasteiger partial charge < -0.3 is 4.74 Å². The van der Waals surface area contributed by atoms with Gasteiger partial charge in [-0.2, -0.15) is 31.6 Å². The van der Waals surface area contributed by atoms with Gasteiger partial charge in [-0.3, -0.25) is 0 Å². The molecule has 27 heavy (non-hydrogen) atoms. The summed E-state index contributed by atoms with van der Waals surface area (Å²) in [5.41, 5.74) is -0.391. The predicted molar refractivity (Wildman–Crippen MR) is 95.4 cm³/mol. The number of rotatable bonds is 4. The minimum absolute atomic E-state index is 0.0318. The Morgan fingerprint density at radius 2 is 1.56 bits per heavy atom. The van der Waals surface area contributed by atoms with Gasteiger partial charge in [-0.1, -0.05) is 30.3 Å². The third-order valence-corrected chi connectivity index (χ3v) is 4.41. The lowest BCUT2D eigenvalue weighted by Gasteiger charge is -2.16. The Morgan fingerprint density at radius 3 is 2.07 bits per heavy atom. The van der Waals surface area contributed by atoms with Crippen LogP contribution in [-0.4, -0.2) is 12.8 Å². The van der Waals surface area contributed by atoms with Gasteiger partial charge in [0.05, 0.1) is 20.8 Å². The summed E-state index contributed by atoms with van der Waals surface area (Å²) >= 11 is 1.71.